The lowest BCUT2D eigenvalue weighted by Gasteiger charge is -2.06. The number of hydrogen-bond acceptors (Lipinski definition) is 3. The summed E-state index contributed by atoms with van der Waals surface area (Å²) in [5.41, 5.74) is 0.528. The van der Waals surface area contributed by atoms with E-state index in [0.29, 0.717) is 5.56 Å². The predicted octanol–water partition coefficient (Wildman–Crippen LogP) is 0.785. The van der Waals surface area contributed by atoms with Crippen LogP contribution in [0.4, 0.5) is 0 Å². The van der Waals surface area contributed by atoms with Crippen LogP contribution < -0.4 is 4.52 Å². The van der Waals surface area contributed by atoms with Crippen LogP contribution >= 0.6 is 7.82 Å². The van der Waals surface area contributed by atoms with E-state index in [1.54, 1.807) is 0 Å². The monoisotopic (exact) mass is 232 g/mol. The van der Waals surface area contributed by atoms with Crippen LogP contribution in [-0.4, -0.2) is 20.9 Å². The van der Waals surface area contributed by atoms with Gasteiger partial charge in [-0.15, -0.1) is 0 Å². The third-order valence-electron chi connectivity index (χ3n) is 1.50. The highest BCUT2D eigenvalue weighted by molar-refractivity contribution is 7.46. The highest BCUT2D eigenvalue weighted by Gasteiger charge is 2.15. The van der Waals surface area contributed by atoms with Gasteiger partial charge in [0.2, 0.25) is 0 Å². The molecule has 0 spiro atoms. The Morgan fingerprint density at radius 2 is 1.80 bits per heavy atom. The molecule has 0 aliphatic heterocycles. The van der Waals surface area contributed by atoms with Gasteiger partial charge in [0.15, 0.2) is 0 Å². The fourth-order valence-electron chi connectivity index (χ4n) is 0.980. The number of rotatable bonds is 4. The fraction of sp³-hybridized carbons (Fsp3) is 0.125. The molecule has 82 valence electrons. The number of carboxylic acids is 1. The first-order valence-corrected chi connectivity index (χ1v) is 5.46. The van der Waals surface area contributed by atoms with E-state index in [0.717, 1.165) is 0 Å². The molecule has 0 saturated carbocycles. The van der Waals surface area contributed by atoms with Crippen LogP contribution in [0.3, 0.4) is 0 Å². The van der Waals surface area contributed by atoms with Gasteiger partial charge in [-0.05, 0) is 17.7 Å². The Kier molecular flexibility index (Phi) is 3.47. The molecule has 0 aliphatic rings. The Hall–Kier alpha value is -1.36. The minimum Gasteiger partial charge on any atom is -0.481 e. The fourth-order valence-corrected chi connectivity index (χ4v) is 1.38. The largest absolute Gasteiger partial charge is 0.524 e. The van der Waals surface area contributed by atoms with Crippen LogP contribution in [0.5, 0.6) is 5.75 Å². The van der Waals surface area contributed by atoms with Crippen LogP contribution in [0.25, 0.3) is 0 Å². The van der Waals surface area contributed by atoms with Gasteiger partial charge in [-0.1, -0.05) is 12.1 Å². The second-order valence-electron chi connectivity index (χ2n) is 2.80. The van der Waals surface area contributed by atoms with Crippen LogP contribution in [0.2, 0.25) is 0 Å². The van der Waals surface area contributed by atoms with E-state index in [9.17, 15) is 9.36 Å². The van der Waals surface area contributed by atoms with E-state index in [1.165, 1.54) is 24.3 Å². The minimum absolute atomic E-state index is 0.00234. The zero-order valence-corrected chi connectivity index (χ0v) is 8.42. The van der Waals surface area contributed by atoms with Gasteiger partial charge in [0.05, 0.1) is 6.42 Å². The molecule has 15 heavy (non-hydrogen) atoms. The second kappa shape index (κ2) is 4.44. The summed E-state index contributed by atoms with van der Waals surface area (Å²) < 4.78 is 14.7. The molecule has 0 amide bonds. The molecule has 0 aromatic heterocycles. The topological polar surface area (TPSA) is 104 Å². The first-order valence-electron chi connectivity index (χ1n) is 3.93. The Morgan fingerprint density at radius 1 is 1.27 bits per heavy atom. The average Bonchev–Trinajstić information content (AvgIpc) is 2.05. The number of phosphoric ester groups is 1. The Bertz CT molecular complexity index is 392. The molecule has 0 saturated heterocycles. The molecule has 1 rings (SSSR count). The van der Waals surface area contributed by atoms with Crippen molar-refractivity contribution in [1.82, 2.24) is 0 Å². The van der Waals surface area contributed by atoms with Gasteiger partial charge in [-0.2, -0.15) is 0 Å². The molecule has 0 heterocycles. The summed E-state index contributed by atoms with van der Waals surface area (Å²) >= 11 is 0. The number of benzene rings is 1. The lowest BCUT2D eigenvalue weighted by Crippen LogP contribution is -1.99. The van der Waals surface area contributed by atoms with E-state index < -0.39 is 13.8 Å². The predicted molar refractivity (Wildman–Crippen MR) is 50.5 cm³/mol. The highest BCUT2D eigenvalue weighted by atomic mass is 31.2. The maximum Gasteiger partial charge on any atom is 0.524 e. The third kappa shape index (κ3) is 4.60. The normalized spacial score (nSPS) is 11.1. The lowest BCUT2D eigenvalue weighted by molar-refractivity contribution is -0.136. The van der Waals surface area contributed by atoms with E-state index in [-0.39, 0.29) is 12.2 Å². The number of hydrogen-bond donors (Lipinski definition) is 3. The Balaban J connectivity index is 2.72. The molecular formula is C8H9O6P. The number of carboxylic acid groups (broad SMARTS) is 1. The average molecular weight is 232 g/mol. The summed E-state index contributed by atoms with van der Waals surface area (Å²) in [7, 11) is -4.55. The van der Waals surface area contributed by atoms with Gasteiger partial charge in [-0.3, -0.25) is 14.6 Å². The van der Waals surface area contributed by atoms with Crippen molar-refractivity contribution in [3.8, 4) is 5.75 Å². The molecule has 0 unspecified atom stereocenters. The molecule has 1 aromatic carbocycles. The quantitative estimate of drug-likeness (QED) is 0.663. The molecule has 0 fully saturated rings. The molecule has 1 aromatic rings. The van der Waals surface area contributed by atoms with Crippen LogP contribution in [0, 0.1) is 0 Å². The third-order valence-corrected chi connectivity index (χ3v) is 1.95. The van der Waals surface area contributed by atoms with Crippen molar-refractivity contribution in [1.29, 1.82) is 0 Å². The molecule has 6 nitrogen and oxygen atoms in total. The summed E-state index contributed by atoms with van der Waals surface area (Å²) in [5.74, 6) is -0.976. The van der Waals surface area contributed by atoms with Gasteiger partial charge in [0, 0.05) is 0 Å². The summed E-state index contributed by atoms with van der Waals surface area (Å²) in [6.07, 6.45) is -0.143. The zero-order chi connectivity index (χ0) is 11.5. The second-order valence-corrected chi connectivity index (χ2v) is 3.96. The van der Waals surface area contributed by atoms with Gasteiger partial charge in [0.1, 0.15) is 5.75 Å². The van der Waals surface area contributed by atoms with Crippen molar-refractivity contribution in [2.24, 2.45) is 0 Å². The van der Waals surface area contributed by atoms with Gasteiger partial charge < -0.3 is 9.63 Å². The SMILES string of the molecule is O=C(O)Cc1ccc(OP(=O)(O)O)cc1. The number of carbonyl (C=O) groups is 1. The summed E-state index contributed by atoms with van der Waals surface area (Å²) in [5, 5.41) is 8.47. The van der Waals surface area contributed by atoms with E-state index in [1.807, 2.05) is 0 Å². The lowest BCUT2D eigenvalue weighted by atomic mass is 10.1. The molecule has 0 aliphatic carbocycles. The van der Waals surface area contributed by atoms with E-state index >= 15 is 0 Å². The number of phosphoric acid groups is 1. The van der Waals surface area contributed by atoms with E-state index in [2.05, 4.69) is 4.52 Å². The van der Waals surface area contributed by atoms with Crippen molar-refractivity contribution < 1.29 is 28.8 Å². The van der Waals surface area contributed by atoms with E-state index in [4.69, 9.17) is 14.9 Å². The van der Waals surface area contributed by atoms with Crippen LogP contribution in [-0.2, 0) is 15.8 Å². The zero-order valence-electron chi connectivity index (χ0n) is 7.53. The molecule has 0 bridgehead atoms. The number of aliphatic carboxylic acids is 1. The van der Waals surface area contributed by atoms with Gasteiger partial charge >= 0.3 is 13.8 Å². The maximum atomic E-state index is 10.4. The summed E-state index contributed by atoms with van der Waals surface area (Å²) in [6.45, 7) is 0. The smallest absolute Gasteiger partial charge is 0.481 e. The Morgan fingerprint density at radius 3 is 2.20 bits per heavy atom. The first kappa shape index (κ1) is 11.7. The first-order chi connectivity index (χ1) is 6.87. The summed E-state index contributed by atoms with van der Waals surface area (Å²) in [6, 6.07) is 5.47. The molecule has 3 N–H and O–H groups in total. The molecule has 7 heteroatoms. The van der Waals surface area contributed by atoms with Crippen molar-refractivity contribution in [2.45, 2.75) is 6.42 Å². The molecule has 0 radical (unpaired) electrons. The van der Waals surface area contributed by atoms with Crippen LogP contribution in [0.15, 0.2) is 24.3 Å². The highest BCUT2D eigenvalue weighted by Crippen LogP contribution is 2.37. The Labute approximate surface area is 85.4 Å². The van der Waals surface area contributed by atoms with Crippen molar-refractivity contribution in [3.63, 3.8) is 0 Å². The maximum absolute atomic E-state index is 10.4. The van der Waals surface area contributed by atoms with Gasteiger partial charge in [-0.25, -0.2) is 4.57 Å². The minimum atomic E-state index is -4.55. The van der Waals surface area contributed by atoms with Gasteiger partial charge in [0.25, 0.3) is 0 Å². The molecule has 0 atom stereocenters. The molecular weight excluding hydrogens is 223 g/mol. The van der Waals surface area contributed by atoms with Crippen molar-refractivity contribution in [2.75, 3.05) is 0 Å². The standard InChI is InChI=1S/C8H9O6P/c9-8(10)5-6-1-3-7(4-2-6)14-15(11,12)13/h1-4H,5H2,(H,9,10)(H2,11,12,13). The summed E-state index contributed by atoms with van der Waals surface area (Å²) in [4.78, 5) is 27.3. The van der Waals surface area contributed by atoms with Crippen molar-refractivity contribution in [3.05, 3.63) is 29.8 Å². The van der Waals surface area contributed by atoms with Crippen molar-refractivity contribution >= 4 is 13.8 Å². The van der Waals surface area contributed by atoms with Crippen LogP contribution in [0.1, 0.15) is 5.56 Å².